The van der Waals surface area contributed by atoms with Gasteiger partial charge in [-0.05, 0) is 0 Å². The van der Waals surface area contributed by atoms with Gasteiger partial charge in [-0.2, -0.15) is 41.3 Å². The molecule has 0 fully saturated rings. The van der Waals surface area contributed by atoms with Gasteiger partial charge in [0.2, 0.25) is 0 Å². The number of benzene rings is 2. The van der Waals surface area contributed by atoms with Crippen LogP contribution in [-0.2, 0) is 29.7 Å². The molecule has 0 nitrogen and oxygen atoms in total. The molecular formula is C12H10CuS. The Morgan fingerprint density at radius 1 is 0.786 bits per heavy atom. The van der Waals surface area contributed by atoms with E-state index in [-0.39, 0.29) is 17.1 Å². The molecule has 0 aromatic heterocycles. The Morgan fingerprint density at radius 2 is 1.29 bits per heavy atom. The molecule has 0 bridgehead atoms. The zero-order chi connectivity index (χ0) is 9.36. The topological polar surface area (TPSA) is 0 Å². The van der Waals surface area contributed by atoms with Crippen molar-refractivity contribution in [2.75, 3.05) is 0 Å². The second kappa shape index (κ2) is 8.76. The van der Waals surface area contributed by atoms with Gasteiger partial charge in [0.25, 0.3) is 0 Å². The molecule has 2 aromatic rings. The third kappa shape index (κ3) is 6.67. The fourth-order valence-electron chi connectivity index (χ4n) is 0.762. The van der Waals surface area contributed by atoms with Crippen LogP contribution in [-0.4, -0.2) is 0 Å². The van der Waals surface area contributed by atoms with Gasteiger partial charge in [0.05, 0.1) is 0 Å². The summed E-state index contributed by atoms with van der Waals surface area (Å²) in [6.07, 6.45) is 0. The van der Waals surface area contributed by atoms with Crippen LogP contribution in [0.2, 0.25) is 0 Å². The molecule has 0 saturated heterocycles. The minimum absolute atomic E-state index is 0. The summed E-state index contributed by atoms with van der Waals surface area (Å²) >= 11 is 4.81. The Bertz CT molecular complexity index is 281. The van der Waals surface area contributed by atoms with Crippen molar-refractivity contribution in [1.82, 2.24) is 0 Å². The molecule has 0 N–H and O–H groups in total. The van der Waals surface area contributed by atoms with E-state index in [0.717, 1.165) is 4.90 Å². The Kier molecular flexibility index (Phi) is 8.25. The molecule has 0 saturated carbocycles. The molecule has 0 amide bonds. The molecule has 14 heavy (non-hydrogen) atoms. The minimum Gasteiger partial charge on any atom is -0.780 e. The molecule has 2 aromatic carbocycles. The van der Waals surface area contributed by atoms with E-state index < -0.39 is 0 Å². The Balaban J connectivity index is 0.000000227. The molecule has 1 radical (unpaired) electrons. The zero-order valence-corrected chi connectivity index (χ0v) is 9.24. The molecule has 0 spiro atoms. The standard InChI is InChI=1S/C6H6S.C6H5.Cu/c7-6-4-2-1-3-5-6;1-2-4-6-5-3-1;/h1-5,7H;1-5H;/q;-1;+2/p-1. The summed E-state index contributed by atoms with van der Waals surface area (Å²) in [4.78, 5) is 0.905. The first kappa shape index (κ1) is 13.2. The van der Waals surface area contributed by atoms with E-state index in [2.05, 4.69) is 6.07 Å². The van der Waals surface area contributed by atoms with E-state index in [1.165, 1.54) is 0 Å². The predicted octanol–water partition coefficient (Wildman–Crippen LogP) is 3.08. The van der Waals surface area contributed by atoms with Gasteiger partial charge in [0.1, 0.15) is 0 Å². The summed E-state index contributed by atoms with van der Waals surface area (Å²) in [7, 11) is 0. The van der Waals surface area contributed by atoms with E-state index >= 15 is 0 Å². The van der Waals surface area contributed by atoms with E-state index in [4.69, 9.17) is 12.6 Å². The predicted molar refractivity (Wildman–Crippen MR) is 57.4 cm³/mol. The smallest absolute Gasteiger partial charge is 0.780 e. The summed E-state index contributed by atoms with van der Waals surface area (Å²) in [6.45, 7) is 0. The Hall–Kier alpha value is -0.821. The molecule has 75 valence electrons. The fraction of sp³-hybridized carbons (Fsp3) is 0. The maximum atomic E-state index is 4.81. The van der Waals surface area contributed by atoms with Gasteiger partial charge >= 0.3 is 17.1 Å². The van der Waals surface area contributed by atoms with Crippen molar-refractivity contribution in [1.29, 1.82) is 0 Å². The molecule has 2 rings (SSSR count). The van der Waals surface area contributed by atoms with Crippen LogP contribution < -0.4 is 0 Å². The fourth-order valence-corrected chi connectivity index (χ4v) is 0.920. The quantitative estimate of drug-likeness (QED) is 0.393. The van der Waals surface area contributed by atoms with Gasteiger partial charge in [0.15, 0.2) is 0 Å². The average Bonchev–Trinajstić information content (AvgIpc) is 2.22. The molecule has 0 atom stereocenters. The van der Waals surface area contributed by atoms with E-state index in [1.54, 1.807) is 0 Å². The third-order valence-electron chi connectivity index (χ3n) is 1.35. The number of hydrogen-bond donors (Lipinski definition) is 0. The molecule has 0 aliphatic heterocycles. The van der Waals surface area contributed by atoms with Crippen molar-refractivity contribution in [2.24, 2.45) is 0 Å². The summed E-state index contributed by atoms with van der Waals surface area (Å²) < 4.78 is 0. The maximum Gasteiger partial charge on any atom is 2.00 e. The summed E-state index contributed by atoms with van der Waals surface area (Å²) in [6, 6.07) is 22.1. The van der Waals surface area contributed by atoms with E-state index in [1.807, 2.05) is 60.7 Å². The minimum atomic E-state index is 0. The molecule has 2 heteroatoms. The Labute approximate surface area is 101 Å². The molecule has 0 aliphatic carbocycles. The van der Waals surface area contributed by atoms with Crippen molar-refractivity contribution in [2.45, 2.75) is 4.90 Å². The number of hydrogen-bond acceptors (Lipinski definition) is 1. The summed E-state index contributed by atoms with van der Waals surface area (Å²) in [5.74, 6) is 0. The van der Waals surface area contributed by atoms with Crippen molar-refractivity contribution in [3.63, 3.8) is 0 Å². The monoisotopic (exact) mass is 249 g/mol. The van der Waals surface area contributed by atoms with Crippen molar-refractivity contribution >= 4 is 12.6 Å². The van der Waals surface area contributed by atoms with Crippen molar-refractivity contribution < 1.29 is 17.1 Å². The van der Waals surface area contributed by atoms with Gasteiger partial charge in [-0.1, -0.05) is 30.3 Å². The normalized spacial score (nSPS) is 7.71. The largest absolute Gasteiger partial charge is 2.00 e. The van der Waals surface area contributed by atoms with Crippen molar-refractivity contribution in [3.8, 4) is 0 Å². The SMILES string of the molecule is [Cu+2].[S-]c1ccccc1.[c-]1ccccc1. The van der Waals surface area contributed by atoms with Gasteiger partial charge in [-0.3, -0.25) is 0 Å². The Morgan fingerprint density at radius 3 is 1.50 bits per heavy atom. The van der Waals surface area contributed by atoms with Gasteiger partial charge in [-0.25, -0.2) is 0 Å². The van der Waals surface area contributed by atoms with Crippen LogP contribution in [0.15, 0.2) is 65.6 Å². The van der Waals surface area contributed by atoms with Crippen LogP contribution in [0.25, 0.3) is 0 Å². The maximum absolute atomic E-state index is 4.81. The first-order valence-electron chi connectivity index (χ1n) is 4.03. The first-order valence-corrected chi connectivity index (χ1v) is 4.43. The first-order chi connectivity index (χ1) is 6.39. The van der Waals surface area contributed by atoms with E-state index in [9.17, 15) is 0 Å². The second-order valence-electron chi connectivity index (χ2n) is 2.39. The zero-order valence-electron chi connectivity index (χ0n) is 7.48. The van der Waals surface area contributed by atoms with Gasteiger partial charge < -0.3 is 12.6 Å². The summed E-state index contributed by atoms with van der Waals surface area (Å²) in [5.41, 5.74) is 0. The number of rotatable bonds is 0. The van der Waals surface area contributed by atoms with Crippen LogP contribution in [0.3, 0.4) is 0 Å². The molecule has 0 heterocycles. The van der Waals surface area contributed by atoms with Crippen LogP contribution in [0, 0.1) is 6.07 Å². The third-order valence-corrected chi connectivity index (χ3v) is 1.62. The van der Waals surface area contributed by atoms with Crippen molar-refractivity contribution in [3.05, 3.63) is 66.7 Å². The van der Waals surface area contributed by atoms with Gasteiger partial charge in [0, 0.05) is 0 Å². The van der Waals surface area contributed by atoms with Crippen LogP contribution >= 0.6 is 0 Å². The van der Waals surface area contributed by atoms with E-state index in [0.29, 0.717) is 0 Å². The van der Waals surface area contributed by atoms with Crippen LogP contribution in [0.1, 0.15) is 0 Å². The summed E-state index contributed by atoms with van der Waals surface area (Å²) in [5, 5.41) is 0. The van der Waals surface area contributed by atoms with Crippen LogP contribution in [0.4, 0.5) is 0 Å². The molecule has 0 aliphatic rings. The van der Waals surface area contributed by atoms with Crippen LogP contribution in [0.5, 0.6) is 0 Å². The van der Waals surface area contributed by atoms with Gasteiger partial charge in [-0.15, -0.1) is 0 Å². The second-order valence-corrected chi connectivity index (χ2v) is 2.86. The molecular weight excluding hydrogens is 240 g/mol. The molecule has 0 unspecified atom stereocenters. The average molecular weight is 250 g/mol.